The number of benzene rings is 3. The van der Waals surface area contributed by atoms with Gasteiger partial charge in [-0.05, 0) is 66.8 Å². The van der Waals surface area contributed by atoms with Crippen molar-refractivity contribution >= 4 is 58.2 Å². The lowest BCUT2D eigenvalue weighted by molar-refractivity contribution is -0.120. The van der Waals surface area contributed by atoms with Gasteiger partial charge in [-0.3, -0.25) is 19.4 Å². The topological polar surface area (TPSA) is 53.8 Å². The van der Waals surface area contributed by atoms with Gasteiger partial charge >= 0.3 is 0 Å². The predicted octanol–water partition coefficient (Wildman–Crippen LogP) is 6.35. The summed E-state index contributed by atoms with van der Waals surface area (Å²) in [7, 11) is 0. The van der Waals surface area contributed by atoms with Crippen molar-refractivity contribution in [2.45, 2.75) is 0 Å². The second-order valence-corrected chi connectivity index (χ2v) is 8.31. The molecule has 0 bridgehead atoms. The second-order valence-electron chi connectivity index (χ2n) is 7.51. The number of hydrogen-bond acceptors (Lipinski definition) is 4. The van der Waals surface area contributed by atoms with Crippen LogP contribution in [0.25, 0.3) is 17.4 Å². The highest BCUT2D eigenvalue weighted by molar-refractivity contribution is 7.81. The van der Waals surface area contributed by atoms with Gasteiger partial charge in [-0.25, -0.2) is 0 Å². The van der Waals surface area contributed by atoms with Crippen LogP contribution in [0.1, 0.15) is 5.76 Å². The monoisotopic (exact) mass is 484 g/mol. The van der Waals surface area contributed by atoms with E-state index in [1.165, 1.54) is 15.9 Å². The molecule has 34 heavy (non-hydrogen) atoms. The molecule has 1 fully saturated rings. The number of carbonyl (C=O) groups excluding carboxylic acids is 2. The smallest absolute Gasteiger partial charge is 0.270 e. The minimum atomic E-state index is -0.519. The number of rotatable bonds is 4. The Morgan fingerprint density at radius 3 is 1.88 bits per heavy atom. The summed E-state index contributed by atoms with van der Waals surface area (Å²) in [5, 5.41) is 0.667. The predicted molar refractivity (Wildman–Crippen MR) is 138 cm³/mol. The number of para-hydroxylation sites is 2. The Bertz CT molecular complexity index is 1370. The first-order valence-electron chi connectivity index (χ1n) is 10.4. The van der Waals surface area contributed by atoms with Crippen LogP contribution in [0.15, 0.2) is 107 Å². The third-order valence-corrected chi connectivity index (χ3v) is 5.90. The first-order valence-corrected chi connectivity index (χ1v) is 11.2. The van der Waals surface area contributed by atoms with Crippen LogP contribution >= 0.6 is 23.8 Å². The zero-order valence-corrected chi connectivity index (χ0v) is 19.3. The lowest BCUT2D eigenvalue weighted by Gasteiger charge is -2.36. The molecular formula is C27H17ClN2O3S. The molecule has 166 valence electrons. The van der Waals surface area contributed by atoms with Crippen molar-refractivity contribution in [3.05, 3.63) is 113 Å². The number of hydrogen-bond donors (Lipinski definition) is 0. The van der Waals surface area contributed by atoms with Crippen LogP contribution in [0.2, 0.25) is 5.02 Å². The molecule has 0 unspecified atom stereocenters. The van der Waals surface area contributed by atoms with E-state index in [0.29, 0.717) is 27.9 Å². The molecule has 1 aliphatic rings. The Labute approximate surface area is 206 Å². The summed E-state index contributed by atoms with van der Waals surface area (Å²) in [6.07, 6.45) is 1.45. The van der Waals surface area contributed by atoms with Crippen molar-refractivity contribution < 1.29 is 14.0 Å². The normalized spacial score (nSPS) is 14.0. The van der Waals surface area contributed by atoms with Crippen molar-refractivity contribution in [2.75, 3.05) is 9.80 Å². The van der Waals surface area contributed by atoms with E-state index in [4.69, 9.17) is 28.2 Å². The molecule has 0 radical (unpaired) electrons. The highest BCUT2D eigenvalue weighted by Gasteiger charge is 2.41. The summed E-state index contributed by atoms with van der Waals surface area (Å²) in [5.74, 6) is -0.107. The lowest BCUT2D eigenvalue weighted by Crippen LogP contribution is -2.56. The Morgan fingerprint density at radius 2 is 1.32 bits per heavy atom. The molecule has 0 aliphatic carbocycles. The lowest BCUT2D eigenvalue weighted by atomic mass is 10.1. The third kappa shape index (κ3) is 4.05. The molecule has 0 atom stereocenters. The number of carbonyl (C=O) groups is 2. The van der Waals surface area contributed by atoms with Gasteiger partial charge in [0.1, 0.15) is 17.1 Å². The average molecular weight is 485 g/mol. The summed E-state index contributed by atoms with van der Waals surface area (Å²) < 4.78 is 5.92. The molecule has 5 nitrogen and oxygen atoms in total. The summed E-state index contributed by atoms with van der Waals surface area (Å²) in [4.78, 5) is 29.7. The van der Waals surface area contributed by atoms with Crippen LogP contribution in [-0.2, 0) is 9.59 Å². The summed E-state index contributed by atoms with van der Waals surface area (Å²) in [6.45, 7) is 0. The number of furan rings is 1. The molecule has 7 heteroatoms. The molecular weight excluding hydrogens is 468 g/mol. The highest BCUT2D eigenvalue weighted by Crippen LogP contribution is 2.31. The molecule has 1 saturated heterocycles. The minimum Gasteiger partial charge on any atom is -0.457 e. The van der Waals surface area contributed by atoms with Gasteiger partial charge in [0.15, 0.2) is 5.11 Å². The van der Waals surface area contributed by atoms with Crippen LogP contribution in [0.3, 0.4) is 0 Å². The van der Waals surface area contributed by atoms with E-state index in [1.54, 1.807) is 48.5 Å². The zero-order chi connectivity index (χ0) is 23.7. The molecule has 4 aromatic rings. The van der Waals surface area contributed by atoms with Crippen LogP contribution in [-0.4, -0.2) is 16.9 Å². The average Bonchev–Trinajstić information content (AvgIpc) is 3.32. The number of thiocarbonyl (C=S) groups is 1. The molecule has 1 aromatic heterocycles. The zero-order valence-electron chi connectivity index (χ0n) is 17.7. The van der Waals surface area contributed by atoms with Gasteiger partial charge < -0.3 is 4.42 Å². The van der Waals surface area contributed by atoms with E-state index in [0.717, 1.165) is 5.56 Å². The standard InChI is InChI=1S/C27H17ClN2O3S/c28-19-9-7-8-18(16-19)24-15-14-22(33-24)17-23-25(31)29(20-10-3-1-4-11-20)27(34)30(26(23)32)21-12-5-2-6-13-21/h1-17H. The molecule has 2 heterocycles. The number of anilines is 2. The maximum atomic E-state index is 13.5. The highest BCUT2D eigenvalue weighted by atomic mass is 35.5. The maximum Gasteiger partial charge on any atom is 0.270 e. The van der Waals surface area contributed by atoms with Gasteiger partial charge in [-0.15, -0.1) is 0 Å². The molecule has 1 aliphatic heterocycles. The van der Waals surface area contributed by atoms with E-state index in [9.17, 15) is 9.59 Å². The number of amides is 2. The van der Waals surface area contributed by atoms with E-state index < -0.39 is 11.8 Å². The number of halogens is 1. The summed E-state index contributed by atoms with van der Waals surface area (Å²) in [5.41, 5.74) is 1.86. The Morgan fingerprint density at radius 1 is 0.735 bits per heavy atom. The molecule has 5 rings (SSSR count). The van der Waals surface area contributed by atoms with E-state index in [-0.39, 0.29) is 10.7 Å². The largest absolute Gasteiger partial charge is 0.457 e. The van der Waals surface area contributed by atoms with Crippen LogP contribution < -0.4 is 9.80 Å². The van der Waals surface area contributed by atoms with Crippen LogP contribution in [0.5, 0.6) is 0 Å². The van der Waals surface area contributed by atoms with Gasteiger partial charge in [0.25, 0.3) is 11.8 Å². The molecule has 3 aromatic carbocycles. The van der Waals surface area contributed by atoms with E-state index >= 15 is 0 Å². The van der Waals surface area contributed by atoms with Gasteiger partial charge in [0, 0.05) is 10.6 Å². The van der Waals surface area contributed by atoms with Crippen molar-refractivity contribution in [2.24, 2.45) is 0 Å². The Kier molecular flexibility index (Phi) is 5.84. The summed E-state index contributed by atoms with van der Waals surface area (Å²) in [6, 6.07) is 28.7. The SMILES string of the molecule is O=C1C(=Cc2ccc(-c3cccc(Cl)c3)o2)C(=O)N(c2ccccc2)C(=S)N1c1ccccc1. The van der Waals surface area contributed by atoms with Gasteiger partial charge in [0.05, 0.1) is 11.4 Å². The minimum absolute atomic E-state index is 0.0618. The van der Waals surface area contributed by atoms with E-state index in [1.807, 2.05) is 48.5 Å². The van der Waals surface area contributed by atoms with Crippen molar-refractivity contribution in [1.82, 2.24) is 0 Å². The van der Waals surface area contributed by atoms with Crippen molar-refractivity contribution in [3.63, 3.8) is 0 Å². The summed E-state index contributed by atoms with van der Waals surface area (Å²) >= 11 is 11.7. The van der Waals surface area contributed by atoms with Gasteiger partial charge in [-0.2, -0.15) is 0 Å². The fourth-order valence-electron chi connectivity index (χ4n) is 3.71. The molecule has 0 saturated carbocycles. The van der Waals surface area contributed by atoms with Crippen molar-refractivity contribution in [3.8, 4) is 11.3 Å². The fourth-order valence-corrected chi connectivity index (χ4v) is 4.28. The first kappa shape index (κ1) is 21.8. The molecule has 2 amide bonds. The molecule has 0 N–H and O–H groups in total. The van der Waals surface area contributed by atoms with Crippen LogP contribution in [0, 0.1) is 0 Å². The van der Waals surface area contributed by atoms with Gasteiger partial charge in [-0.1, -0.05) is 60.1 Å². The van der Waals surface area contributed by atoms with Crippen molar-refractivity contribution in [1.29, 1.82) is 0 Å². The van der Waals surface area contributed by atoms with E-state index in [2.05, 4.69) is 0 Å². The quantitative estimate of drug-likeness (QED) is 0.192. The van der Waals surface area contributed by atoms with Gasteiger partial charge in [0.2, 0.25) is 0 Å². The number of nitrogens with zero attached hydrogens (tertiary/aromatic N) is 2. The first-order chi connectivity index (χ1) is 16.5. The maximum absolute atomic E-state index is 13.5. The fraction of sp³-hybridized carbons (Fsp3) is 0. The molecule has 0 spiro atoms. The second kappa shape index (κ2) is 9.09. The van der Waals surface area contributed by atoms with Crippen LogP contribution in [0.4, 0.5) is 11.4 Å². The Balaban J connectivity index is 1.59. The third-order valence-electron chi connectivity index (χ3n) is 5.30. The Hall–Kier alpha value is -4.00.